The molecule has 0 aliphatic carbocycles. The number of methoxy groups -OCH3 is 1. The van der Waals surface area contributed by atoms with E-state index in [0.717, 1.165) is 34.9 Å². The number of rotatable bonds is 7. The zero-order valence-electron chi connectivity index (χ0n) is 16.9. The van der Waals surface area contributed by atoms with Gasteiger partial charge in [-0.3, -0.25) is 19.3 Å². The van der Waals surface area contributed by atoms with Crippen LogP contribution in [0.4, 0.5) is 0 Å². The van der Waals surface area contributed by atoms with E-state index in [9.17, 15) is 14.7 Å². The molecule has 1 fully saturated rings. The minimum absolute atomic E-state index is 0.182. The lowest BCUT2D eigenvalue weighted by Gasteiger charge is -2.35. The van der Waals surface area contributed by atoms with Crippen molar-refractivity contribution < 1.29 is 34.4 Å². The molecule has 1 unspecified atom stereocenters. The van der Waals surface area contributed by atoms with Crippen LogP contribution in [0.3, 0.4) is 0 Å². The van der Waals surface area contributed by atoms with Gasteiger partial charge >= 0.3 is 11.9 Å². The molecule has 3 rings (SSSR count). The lowest BCUT2D eigenvalue weighted by atomic mass is 9.90. The van der Waals surface area contributed by atoms with Crippen LogP contribution in [-0.4, -0.2) is 58.8 Å². The van der Waals surface area contributed by atoms with Crippen LogP contribution in [-0.2, 0) is 14.4 Å². The van der Waals surface area contributed by atoms with Crippen LogP contribution in [0, 0.1) is 5.92 Å². The highest BCUT2D eigenvalue weighted by atomic mass is 16.5. The third-order valence-corrected chi connectivity index (χ3v) is 5.40. The van der Waals surface area contributed by atoms with Gasteiger partial charge in [0, 0.05) is 6.42 Å². The van der Waals surface area contributed by atoms with E-state index in [-0.39, 0.29) is 12.9 Å². The van der Waals surface area contributed by atoms with Crippen molar-refractivity contribution in [1.29, 1.82) is 0 Å². The van der Waals surface area contributed by atoms with Crippen molar-refractivity contribution in [1.82, 2.24) is 4.90 Å². The van der Waals surface area contributed by atoms with E-state index in [1.54, 1.807) is 7.11 Å². The van der Waals surface area contributed by atoms with Gasteiger partial charge in [-0.25, -0.2) is 0 Å². The number of hydrogen-bond donors (Lipinski definition) is 3. The van der Waals surface area contributed by atoms with E-state index >= 15 is 0 Å². The quantitative estimate of drug-likeness (QED) is 0.587. The number of carbonyl (C=O) groups is 3. The third kappa shape index (κ3) is 6.18. The number of benzene rings is 2. The standard InChI is InChI=1S/C21H25NO5.CH2O2/c1-27-18-6-5-15-12-17(4-3-16(15)13-18)20(21(25)26)22-10-8-14(9-11-22)2-7-19(23)24;2-1-3/h3-6,12-14,20H,2,7-11H2,1H3,(H,23,24)(H,25,26);1H,(H,2,3). The van der Waals surface area contributed by atoms with E-state index in [0.29, 0.717) is 25.4 Å². The molecule has 1 aliphatic heterocycles. The molecule has 0 bridgehead atoms. The number of ether oxygens (including phenoxy) is 1. The summed E-state index contributed by atoms with van der Waals surface area (Å²) in [5.41, 5.74) is 0.768. The number of carboxylic acid groups (broad SMARTS) is 3. The first-order chi connectivity index (χ1) is 14.4. The summed E-state index contributed by atoms with van der Waals surface area (Å²) < 4.78 is 5.24. The van der Waals surface area contributed by atoms with Gasteiger partial charge in [-0.05, 0) is 72.8 Å². The van der Waals surface area contributed by atoms with Crippen LogP contribution in [0.5, 0.6) is 5.75 Å². The van der Waals surface area contributed by atoms with Gasteiger partial charge in [-0.1, -0.05) is 18.2 Å². The van der Waals surface area contributed by atoms with Crippen molar-refractivity contribution in [2.45, 2.75) is 31.7 Å². The number of carboxylic acids is 2. The topological polar surface area (TPSA) is 124 Å². The van der Waals surface area contributed by atoms with Crippen LogP contribution in [0.15, 0.2) is 36.4 Å². The number of likely N-dealkylation sites (tertiary alicyclic amines) is 1. The fourth-order valence-electron chi connectivity index (χ4n) is 3.88. The van der Waals surface area contributed by atoms with Gasteiger partial charge in [0.15, 0.2) is 0 Å². The third-order valence-electron chi connectivity index (χ3n) is 5.40. The highest BCUT2D eigenvalue weighted by Crippen LogP contribution is 2.31. The molecule has 0 amide bonds. The van der Waals surface area contributed by atoms with Crippen LogP contribution in [0.1, 0.15) is 37.3 Å². The lowest BCUT2D eigenvalue weighted by Crippen LogP contribution is -2.40. The Bertz CT molecular complexity index is 875. The Morgan fingerprint density at radius 1 is 1.13 bits per heavy atom. The number of piperidine rings is 1. The van der Waals surface area contributed by atoms with Crippen molar-refractivity contribution in [3.8, 4) is 5.75 Å². The van der Waals surface area contributed by atoms with Gasteiger partial charge in [0.05, 0.1) is 7.11 Å². The van der Waals surface area contributed by atoms with E-state index in [1.165, 1.54) is 0 Å². The minimum Gasteiger partial charge on any atom is -0.497 e. The zero-order chi connectivity index (χ0) is 22.1. The SMILES string of the molecule is COc1ccc2cc(C(C(=O)O)N3CCC(CCC(=O)O)CC3)ccc2c1.O=CO. The summed E-state index contributed by atoms with van der Waals surface area (Å²) in [6.07, 6.45) is 2.52. The van der Waals surface area contributed by atoms with Crippen molar-refractivity contribution in [2.75, 3.05) is 20.2 Å². The molecule has 0 aromatic heterocycles. The normalized spacial score (nSPS) is 15.6. The molecule has 1 atom stereocenters. The molecule has 3 N–H and O–H groups in total. The molecule has 2 aromatic carbocycles. The minimum atomic E-state index is -0.855. The molecule has 8 nitrogen and oxygen atoms in total. The molecule has 1 saturated heterocycles. The van der Waals surface area contributed by atoms with Crippen LogP contribution in [0.2, 0.25) is 0 Å². The van der Waals surface area contributed by atoms with Crippen LogP contribution < -0.4 is 4.74 Å². The number of hydrogen-bond acceptors (Lipinski definition) is 5. The van der Waals surface area contributed by atoms with Gasteiger partial charge in [0.25, 0.3) is 6.47 Å². The van der Waals surface area contributed by atoms with Crippen molar-refractivity contribution in [2.24, 2.45) is 5.92 Å². The predicted octanol–water partition coefficient (Wildman–Crippen LogP) is 3.25. The molecular formula is C22H27NO7. The Balaban J connectivity index is 0.00000101. The van der Waals surface area contributed by atoms with Gasteiger partial charge < -0.3 is 20.1 Å². The first kappa shape index (κ1) is 23.2. The maximum Gasteiger partial charge on any atom is 0.325 e. The van der Waals surface area contributed by atoms with E-state index in [1.807, 2.05) is 41.3 Å². The fraction of sp³-hybridized carbons (Fsp3) is 0.409. The maximum atomic E-state index is 12.0. The summed E-state index contributed by atoms with van der Waals surface area (Å²) in [7, 11) is 1.62. The van der Waals surface area contributed by atoms with Crippen molar-refractivity contribution in [3.63, 3.8) is 0 Å². The molecule has 0 saturated carbocycles. The molecular weight excluding hydrogens is 390 g/mol. The number of fused-ring (bicyclic) bond motifs is 1. The van der Waals surface area contributed by atoms with Crippen LogP contribution in [0.25, 0.3) is 10.8 Å². The second kappa shape index (κ2) is 11.2. The second-order valence-corrected chi connectivity index (χ2v) is 7.23. The molecule has 162 valence electrons. The maximum absolute atomic E-state index is 12.0. The molecule has 0 spiro atoms. The van der Waals surface area contributed by atoms with Gasteiger partial charge in [0.1, 0.15) is 11.8 Å². The Morgan fingerprint density at radius 3 is 2.30 bits per heavy atom. The lowest BCUT2D eigenvalue weighted by molar-refractivity contribution is -0.144. The first-order valence-electron chi connectivity index (χ1n) is 9.73. The summed E-state index contributed by atoms with van der Waals surface area (Å²) in [4.78, 5) is 33.1. The van der Waals surface area contributed by atoms with Crippen molar-refractivity contribution in [3.05, 3.63) is 42.0 Å². The smallest absolute Gasteiger partial charge is 0.325 e. The number of nitrogens with zero attached hydrogens (tertiary/aromatic N) is 1. The molecule has 30 heavy (non-hydrogen) atoms. The average molecular weight is 417 g/mol. The highest BCUT2D eigenvalue weighted by Gasteiger charge is 2.31. The highest BCUT2D eigenvalue weighted by molar-refractivity contribution is 5.86. The Labute approximate surface area is 174 Å². The van der Waals surface area contributed by atoms with Crippen molar-refractivity contribution >= 4 is 29.2 Å². The summed E-state index contributed by atoms with van der Waals surface area (Å²) in [5, 5.41) is 27.5. The molecule has 8 heteroatoms. The van der Waals surface area contributed by atoms with Gasteiger partial charge in [-0.15, -0.1) is 0 Å². The predicted molar refractivity (Wildman–Crippen MR) is 111 cm³/mol. The summed E-state index contributed by atoms with van der Waals surface area (Å²) in [6, 6.07) is 10.8. The largest absolute Gasteiger partial charge is 0.497 e. The monoisotopic (exact) mass is 417 g/mol. The molecule has 2 aromatic rings. The first-order valence-corrected chi connectivity index (χ1v) is 9.73. The molecule has 1 aliphatic rings. The Kier molecular flexibility index (Phi) is 8.61. The fourth-order valence-corrected chi connectivity index (χ4v) is 3.88. The number of aliphatic carboxylic acids is 2. The Morgan fingerprint density at radius 2 is 1.73 bits per heavy atom. The molecule has 1 heterocycles. The summed E-state index contributed by atoms with van der Waals surface area (Å²) >= 11 is 0. The summed E-state index contributed by atoms with van der Waals surface area (Å²) in [6.45, 7) is 1.09. The Hall–Kier alpha value is -3.13. The van der Waals surface area contributed by atoms with E-state index in [2.05, 4.69) is 0 Å². The second-order valence-electron chi connectivity index (χ2n) is 7.23. The van der Waals surface area contributed by atoms with Gasteiger partial charge in [-0.2, -0.15) is 0 Å². The van der Waals surface area contributed by atoms with E-state index in [4.69, 9.17) is 19.7 Å². The molecule has 0 radical (unpaired) electrons. The zero-order valence-corrected chi connectivity index (χ0v) is 16.9. The average Bonchev–Trinajstić information content (AvgIpc) is 2.73. The summed E-state index contributed by atoms with van der Waals surface area (Å²) in [5.74, 6) is -0.496. The van der Waals surface area contributed by atoms with E-state index < -0.39 is 18.0 Å². The van der Waals surface area contributed by atoms with Gasteiger partial charge in [0.2, 0.25) is 0 Å². The van der Waals surface area contributed by atoms with Crippen LogP contribution >= 0.6 is 0 Å².